The molecule has 2 atom stereocenters. The molecule has 0 saturated carbocycles. The summed E-state index contributed by atoms with van der Waals surface area (Å²) in [6, 6.07) is 8.64. The molecule has 4 bridgehead atoms. The van der Waals surface area contributed by atoms with Crippen LogP contribution in [0.15, 0.2) is 53.0 Å². The van der Waals surface area contributed by atoms with Gasteiger partial charge in [-0.15, -0.1) is 10.2 Å². The van der Waals surface area contributed by atoms with Gasteiger partial charge in [0.1, 0.15) is 17.3 Å². The highest BCUT2D eigenvalue weighted by Crippen LogP contribution is 2.47. The summed E-state index contributed by atoms with van der Waals surface area (Å²) < 4.78 is 109. The average molecular weight is 629 g/mol. The number of alkyl halides is 6. The highest BCUT2D eigenvalue weighted by atomic mass is 19.4. The van der Waals surface area contributed by atoms with E-state index in [2.05, 4.69) is 20.5 Å². The first kappa shape index (κ1) is 32.8. The van der Waals surface area contributed by atoms with Crippen LogP contribution in [0.25, 0.3) is 11.6 Å². The van der Waals surface area contributed by atoms with Gasteiger partial charge in [-0.25, -0.2) is 9.78 Å². The molecule has 3 heterocycles. The minimum Gasteiger partial charge on any atom is -0.474 e. The van der Waals surface area contributed by atoms with E-state index in [0.29, 0.717) is 11.6 Å². The quantitative estimate of drug-likeness (QED) is 0.229. The van der Waals surface area contributed by atoms with Crippen LogP contribution < -0.4 is 10.1 Å². The van der Waals surface area contributed by atoms with E-state index >= 15 is 0 Å². The minimum atomic E-state index is -5.07. The molecule has 0 fully saturated rings. The van der Waals surface area contributed by atoms with E-state index in [4.69, 9.17) is 18.6 Å². The largest absolute Gasteiger partial charge is 0.474 e. The molecule has 0 saturated heterocycles. The fourth-order valence-corrected chi connectivity index (χ4v) is 4.24. The van der Waals surface area contributed by atoms with E-state index in [9.17, 15) is 31.1 Å². The van der Waals surface area contributed by atoms with E-state index in [1.165, 1.54) is 39.8 Å². The van der Waals surface area contributed by atoms with Crippen molar-refractivity contribution < 1.29 is 49.8 Å². The average Bonchev–Trinajstić information content (AvgIpc) is 3.39. The Morgan fingerprint density at radius 2 is 1.77 bits per heavy atom. The third-order valence-corrected chi connectivity index (χ3v) is 6.30. The highest BCUT2D eigenvalue weighted by molar-refractivity contribution is 5.89. The molecule has 238 valence electrons. The Morgan fingerprint density at radius 1 is 1.07 bits per heavy atom. The fraction of sp³-hybridized carbons (Fsp3) is 0.448. The first-order chi connectivity index (χ1) is 20.5. The number of amides is 1. The van der Waals surface area contributed by atoms with Crippen LogP contribution in [0.3, 0.4) is 0 Å². The Labute approximate surface area is 248 Å². The van der Waals surface area contributed by atoms with E-state index in [1.54, 1.807) is 30.3 Å². The van der Waals surface area contributed by atoms with Crippen LogP contribution >= 0.6 is 0 Å². The van der Waals surface area contributed by atoms with Crippen LogP contribution in [0.5, 0.6) is 5.88 Å². The molecule has 1 N–H and O–H groups in total. The number of carbonyl (C=O) groups excluding carboxylic acids is 1. The fourth-order valence-electron chi connectivity index (χ4n) is 4.24. The van der Waals surface area contributed by atoms with Gasteiger partial charge < -0.3 is 18.6 Å². The molecule has 1 aromatic carbocycles. The molecule has 9 nitrogen and oxygen atoms in total. The molecule has 15 heteroatoms. The molecule has 1 aliphatic rings. The normalized spacial score (nSPS) is 19.5. The lowest BCUT2D eigenvalue weighted by Gasteiger charge is -2.32. The Morgan fingerprint density at radius 3 is 2.41 bits per heavy atom. The predicted molar refractivity (Wildman–Crippen MR) is 144 cm³/mol. The number of ether oxygens (including phenoxy) is 3. The summed E-state index contributed by atoms with van der Waals surface area (Å²) in [5, 5.41) is 9.48. The van der Waals surface area contributed by atoms with Gasteiger partial charge in [0.2, 0.25) is 11.5 Å². The molecule has 44 heavy (non-hydrogen) atoms. The van der Waals surface area contributed by atoms with E-state index in [1.807, 2.05) is 0 Å². The van der Waals surface area contributed by atoms with Crippen LogP contribution in [-0.2, 0) is 27.9 Å². The third-order valence-electron chi connectivity index (χ3n) is 6.30. The topological polar surface area (TPSA) is 109 Å². The molecule has 2 aromatic heterocycles. The summed E-state index contributed by atoms with van der Waals surface area (Å²) in [6.45, 7) is 5.58. The van der Waals surface area contributed by atoms with Crippen molar-refractivity contribution in [1.29, 1.82) is 0 Å². The molecule has 4 rings (SSSR count). The molecule has 1 amide bonds. The van der Waals surface area contributed by atoms with Gasteiger partial charge in [-0.05, 0) is 52.2 Å². The molecular weight excluding hydrogens is 598 g/mol. The number of carbonyl (C=O) groups is 1. The van der Waals surface area contributed by atoms with Crippen LogP contribution in [-0.4, -0.2) is 39.2 Å². The predicted octanol–water partition coefficient (Wildman–Crippen LogP) is 7.98. The number of hydrogen-bond acceptors (Lipinski definition) is 8. The van der Waals surface area contributed by atoms with Crippen molar-refractivity contribution in [2.75, 3.05) is 5.32 Å². The number of allylic oxidation sites excluding steroid dienone is 1. The summed E-state index contributed by atoms with van der Waals surface area (Å²) in [4.78, 5) is 16.5. The van der Waals surface area contributed by atoms with Crippen molar-refractivity contribution in [3.63, 3.8) is 0 Å². The lowest BCUT2D eigenvalue weighted by molar-refractivity contribution is -0.299. The standard InChI is InChI=1S/C29H30F6N4O5/c1-17-11-7-6-10-14-27(29(33,34)35,41-16-18-12-8-5-9-13-18)24-39-38-23(43-24)21-20(36-25(40)44-26(2,3)4)15-19(28(30,31)32)22(37-21)42-17/h5-9,12-13,15,17H,10-11,14,16H2,1-4H3,(H,36,40)/t17-,27?/m1/s1. The van der Waals surface area contributed by atoms with Gasteiger partial charge in [0.15, 0.2) is 5.69 Å². The molecule has 0 spiro atoms. The number of nitrogens with one attached hydrogen (secondary N) is 1. The molecule has 0 aliphatic carbocycles. The number of nitrogens with zero attached hydrogens (tertiary/aromatic N) is 3. The van der Waals surface area contributed by atoms with Crippen molar-refractivity contribution in [1.82, 2.24) is 15.2 Å². The second kappa shape index (κ2) is 12.5. The van der Waals surface area contributed by atoms with Crippen molar-refractivity contribution in [3.05, 3.63) is 65.6 Å². The van der Waals surface area contributed by atoms with E-state index in [0.717, 1.165) is 0 Å². The monoisotopic (exact) mass is 628 g/mol. The zero-order chi connectivity index (χ0) is 32.3. The second-order valence-electron chi connectivity index (χ2n) is 11.0. The summed E-state index contributed by atoms with van der Waals surface area (Å²) in [5.41, 5.74) is -6.24. The summed E-state index contributed by atoms with van der Waals surface area (Å²) in [7, 11) is 0. The molecule has 1 unspecified atom stereocenters. The lowest BCUT2D eigenvalue weighted by Crippen LogP contribution is -2.45. The number of anilines is 1. The number of fused-ring (bicyclic) bond motifs is 5. The third kappa shape index (κ3) is 7.68. The van der Waals surface area contributed by atoms with Crippen molar-refractivity contribution in [2.24, 2.45) is 0 Å². The van der Waals surface area contributed by atoms with Crippen LogP contribution in [0, 0.1) is 0 Å². The second-order valence-corrected chi connectivity index (χ2v) is 11.0. The van der Waals surface area contributed by atoms with Gasteiger partial charge >= 0.3 is 18.4 Å². The SMILES string of the molecule is C[C@@H]1CC=CCCC(OCc2ccccc2)(C(F)(F)F)c2nnc(o2)-c2nc(c(C(F)(F)F)cc2NC(=O)OC(C)(C)C)O1. The van der Waals surface area contributed by atoms with Gasteiger partial charge in [-0.3, -0.25) is 5.32 Å². The Balaban J connectivity index is 1.90. The van der Waals surface area contributed by atoms with Crippen molar-refractivity contribution in [3.8, 4) is 17.5 Å². The molecule has 3 aromatic rings. The zero-order valence-corrected chi connectivity index (χ0v) is 24.2. The Bertz CT molecular complexity index is 1480. The summed E-state index contributed by atoms with van der Waals surface area (Å²) >= 11 is 0. The first-order valence-corrected chi connectivity index (χ1v) is 13.5. The maximum atomic E-state index is 14.9. The number of benzene rings is 1. The number of halogens is 6. The Hall–Kier alpha value is -4.14. The van der Waals surface area contributed by atoms with E-state index < -0.39 is 83.4 Å². The van der Waals surface area contributed by atoms with Gasteiger partial charge in [-0.1, -0.05) is 42.5 Å². The number of pyridine rings is 1. The van der Waals surface area contributed by atoms with Gasteiger partial charge in [-0.2, -0.15) is 26.3 Å². The molecule has 0 radical (unpaired) electrons. The van der Waals surface area contributed by atoms with Crippen LogP contribution in [0.4, 0.5) is 36.8 Å². The maximum absolute atomic E-state index is 14.9. The first-order valence-electron chi connectivity index (χ1n) is 13.5. The minimum absolute atomic E-state index is 0.0501. The van der Waals surface area contributed by atoms with E-state index in [-0.39, 0.29) is 12.8 Å². The van der Waals surface area contributed by atoms with Gasteiger partial charge in [0, 0.05) is 6.42 Å². The van der Waals surface area contributed by atoms with Gasteiger partial charge in [0.25, 0.3) is 11.8 Å². The molecule has 1 aliphatic heterocycles. The smallest absolute Gasteiger partial charge is 0.426 e. The van der Waals surface area contributed by atoms with Crippen LogP contribution in [0.2, 0.25) is 0 Å². The van der Waals surface area contributed by atoms with Gasteiger partial charge in [0.05, 0.1) is 12.3 Å². The number of hydrogen-bond donors (Lipinski definition) is 1. The zero-order valence-electron chi connectivity index (χ0n) is 24.2. The summed E-state index contributed by atoms with van der Waals surface area (Å²) in [5.74, 6) is -2.62. The highest BCUT2D eigenvalue weighted by Gasteiger charge is 2.61. The number of aromatic nitrogens is 3. The van der Waals surface area contributed by atoms with Crippen LogP contribution in [0.1, 0.15) is 64.0 Å². The Kier molecular flexibility index (Phi) is 9.28. The number of rotatable bonds is 4. The summed E-state index contributed by atoms with van der Waals surface area (Å²) in [6.07, 6.45) is -9.95. The molecular formula is C29H30F6N4O5. The maximum Gasteiger partial charge on any atom is 0.426 e. The lowest BCUT2D eigenvalue weighted by atomic mass is 9.95. The van der Waals surface area contributed by atoms with Crippen molar-refractivity contribution >= 4 is 11.8 Å². The van der Waals surface area contributed by atoms with Crippen molar-refractivity contribution in [2.45, 2.75) is 83.2 Å².